The van der Waals surface area contributed by atoms with Gasteiger partial charge in [-0.1, -0.05) is 11.6 Å². The van der Waals surface area contributed by atoms with E-state index < -0.39 is 53.6 Å². The van der Waals surface area contributed by atoms with Crippen LogP contribution >= 0.6 is 11.6 Å². The van der Waals surface area contributed by atoms with Crippen LogP contribution in [0.2, 0.25) is 5.02 Å². The van der Waals surface area contributed by atoms with E-state index in [0.717, 1.165) is 30.5 Å². The average Bonchev–Trinajstić information content (AvgIpc) is 2.70. The first kappa shape index (κ1) is 24.9. The van der Waals surface area contributed by atoms with Crippen LogP contribution in [0.15, 0.2) is 65.7 Å². The van der Waals surface area contributed by atoms with Gasteiger partial charge < -0.3 is 0 Å². The van der Waals surface area contributed by atoms with Crippen LogP contribution in [-0.4, -0.2) is 27.3 Å². The van der Waals surface area contributed by atoms with Gasteiger partial charge in [-0.15, -0.1) is 0 Å². The second kappa shape index (κ2) is 8.88. The summed E-state index contributed by atoms with van der Waals surface area (Å²) in [6.45, 7) is 0. The van der Waals surface area contributed by atoms with Crippen molar-refractivity contribution in [2.45, 2.75) is 15.7 Å². The molecule has 0 aliphatic carbocycles. The lowest BCUT2D eigenvalue weighted by Gasteiger charge is -2.20. The minimum Gasteiger partial charge on any atom is -0.260 e. The highest BCUT2D eigenvalue weighted by Gasteiger charge is 2.46. The van der Waals surface area contributed by atoms with E-state index in [0.29, 0.717) is 18.2 Å². The molecule has 176 valence electrons. The van der Waals surface area contributed by atoms with Gasteiger partial charge in [-0.2, -0.15) is 21.6 Å². The van der Waals surface area contributed by atoms with Crippen LogP contribution in [-0.2, 0) is 19.9 Å². The van der Waals surface area contributed by atoms with E-state index in [-0.39, 0.29) is 15.5 Å². The SMILES string of the molecule is O=S(=O)(c1ccc(Cl)cc1)C(c1ccnc(NS(=O)(=O)C(F)(F)F)c1)c1cc(F)ccc1F. The minimum atomic E-state index is -5.88. The van der Waals surface area contributed by atoms with E-state index in [4.69, 9.17) is 11.6 Å². The first-order valence-corrected chi connectivity index (χ1v) is 12.1. The number of hydrogen-bond donors (Lipinski definition) is 1. The maximum absolute atomic E-state index is 14.6. The molecule has 0 fully saturated rings. The van der Waals surface area contributed by atoms with Gasteiger partial charge in [0.2, 0.25) is 0 Å². The van der Waals surface area contributed by atoms with E-state index in [1.54, 1.807) is 0 Å². The largest absolute Gasteiger partial charge is 0.516 e. The molecule has 0 radical (unpaired) electrons. The molecule has 14 heteroatoms. The topological polar surface area (TPSA) is 93.2 Å². The second-order valence-electron chi connectivity index (χ2n) is 6.57. The number of sulfone groups is 1. The highest BCUT2D eigenvalue weighted by Crippen LogP contribution is 2.38. The third kappa shape index (κ3) is 5.25. The summed E-state index contributed by atoms with van der Waals surface area (Å²) in [5, 5.41) is -1.78. The standard InChI is InChI=1S/C19H12ClF5N2O4S2/c20-12-1-4-14(5-2-12)32(28,29)18(15-10-13(21)3-6-16(15)22)11-7-8-26-17(9-11)27-33(30,31)19(23,24)25/h1-10,18H,(H,26,27). The van der Waals surface area contributed by atoms with E-state index in [1.165, 1.54) is 16.9 Å². The number of benzene rings is 2. The predicted molar refractivity (Wildman–Crippen MR) is 110 cm³/mol. The van der Waals surface area contributed by atoms with E-state index >= 15 is 0 Å². The zero-order valence-electron chi connectivity index (χ0n) is 16.0. The van der Waals surface area contributed by atoms with E-state index in [2.05, 4.69) is 4.98 Å². The Hall–Kier alpha value is -2.77. The van der Waals surface area contributed by atoms with Crippen molar-refractivity contribution >= 4 is 37.3 Å². The van der Waals surface area contributed by atoms with Crippen LogP contribution in [0.1, 0.15) is 16.4 Å². The van der Waals surface area contributed by atoms with Gasteiger partial charge in [-0.3, -0.25) is 4.72 Å². The minimum absolute atomic E-state index is 0.190. The summed E-state index contributed by atoms with van der Waals surface area (Å²) in [6, 6.07) is 8.45. The van der Waals surface area contributed by atoms with Crippen molar-refractivity contribution in [1.82, 2.24) is 4.98 Å². The van der Waals surface area contributed by atoms with Crippen LogP contribution in [0, 0.1) is 11.6 Å². The molecule has 6 nitrogen and oxygen atoms in total. The third-order valence-corrected chi connectivity index (χ3v) is 7.74. The van der Waals surface area contributed by atoms with Crippen molar-refractivity contribution in [2.24, 2.45) is 0 Å². The van der Waals surface area contributed by atoms with Gasteiger partial charge in [-0.25, -0.2) is 22.2 Å². The molecule has 1 heterocycles. The first-order chi connectivity index (χ1) is 15.2. The van der Waals surface area contributed by atoms with Crippen molar-refractivity contribution in [3.63, 3.8) is 0 Å². The number of nitrogens with zero attached hydrogens (tertiary/aromatic N) is 1. The van der Waals surface area contributed by atoms with Gasteiger partial charge in [0.1, 0.15) is 22.7 Å². The summed E-state index contributed by atoms with van der Waals surface area (Å²) in [6.07, 6.45) is 0.825. The maximum Gasteiger partial charge on any atom is 0.516 e. The Bertz CT molecular complexity index is 1400. The zero-order chi connectivity index (χ0) is 24.6. The Balaban J connectivity index is 2.21. The molecule has 0 saturated carbocycles. The van der Waals surface area contributed by atoms with Gasteiger partial charge in [0.15, 0.2) is 9.84 Å². The molecule has 1 aromatic heterocycles. The van der Waals surface area contributed by atoms with Crippen LogP contribution in [0.25, 0.3) is 0 Å². The molecule has 33 heavy (non-hydrogen) atoms. The lowest BCUT2D eigenvalue weighted by atomic mass is 10.0. The highest BCUT2D eigenvalue weighted by molar-refractivity contribution is 7.93. The number of hydrogen-bond acceptors (Lipinski definition) is 5. The Kier molecular flexibility index (Phi) is 6.69. The second-order valence-corrected chi connectivity index (χ2v) is 10.7. The number of aromatic nitrogens is 1. The molecule has 1 N–H and O–H groups in total. The van der Waals surface area contributed by atoms with Gasteiger partial charge in [0, 0.05) is 16.8 Å². The summed E-state index contributed by atoms with van der Waals surface area (Å²) < 4.78 is 117. The lowest BCUT2D eigenvalue weighted by Crippen LogP contribution is -2.30. The van der Waals surface area contributed by atoms with Crippen molar-refractivity contribution in [2.75, 3.05) is 4.72 Å². The summed E-state index contributed by atoms with van der Waals surface area (Å²) >= 11 is 5.77. The molecule has 0 aliphatic heterocycles. The molecule has 3 aromatic rings. The molecule has 1 unspecified atom stereocenters. The van der Waals surface area contributed by atoms with Crippen LogP contribution in [0.4, 0.5) is 27.8 Å². The fourth-order valence-electron chi connectivity index (χ4n) is 2.86. The molecule has 0 bridgehead atoms. The Labute approximate surface area is 190 Å². The van der Waals surface area contributed by atoms with E-state index in [9.17, 15) is 38.8 Å². The number of anilines is 1. The first-order valence-electron chi connectivity index (χ1n) is 8.72. The number of rotatable bonds is 6. The van der Waals surface area contributed by atoms with Crippen molar-refractivity contribution < 1.29 is 38.8 Å². The van der Waals surface area contributed by atoms with Gasteiger partial charge >= 0.3 is 15.5 Å². The Morgan fingerprint density at radius 3 is 2.15 bits per heavy atom. The molecular formula is C19H12ClF5N2O4S2. The molecular weight excluding hydrogens is 515 g/mol. The van der Waals surface area contributed by atoms with Crippen LogP contribution in [0.5, 0.6) is 0 Å². The number of alkyl halides is 3. The third-order valence-electron chi connectivity index (χ3n) is 4.32. The van der Waals surface area contributed by atoms with Crippen molar-refractivity contribution in [1.29, 1.82) is 0 Å². The molecule has 2 aromatic carbocycles. The molecule has 0 amide bonds. The van der Waals surface area contributed by atoms with E-state index in [1.807, 2.05) is 0 Å². The number of halogens is 6. The smallest absolute Gasteiger partial charge is 0.260 e. The molecule has 3 rings (SSSR count). The summed E-state index contributed by atoms with van der Waals surface area (Å²) in [5.41, 5.74) is -6.70. The Morgan fingerprint density at radius 1 is 0.909 bits per heavy atom. The monoisotopic (exact) mass is 526 g/mol. The predicted octanol–water partition coefficient (Wildman–Crippen LogP) is 4.84. The summed E-state index contributed by atoms with van der Waals surface area (Å²) in [5.74, 6) is -2.97. The fraction of sp³-hybridized carbons (Fsp3) is 0.105. The number of pyridine rings is 1. The van der Waals surface area contributed by atoms with Crippen LogP contribution in [0.3, 0.4) is 0 Å². The number of nitrogens with one attached hydrogen (secondary N) is 1. The van der Waals surface area contributed by atoms with Crippen LogP contribution < -0.4 is 4.72 Å². The van der Waals surface area contributed by atoms with Gasteiger partial charge in [0.25, 0.3) is 0 Å². The molecule has 1 atom stereocenters. The van der Waals surface area contributed by atoms with Crippen molar-refractivity contribution in [3.8, 4) is 0 Å². The molecule has 0 spiro atoms. The maximum atomic E-state index is 14.6. The lowest BCUT2D eigenvalue weighted by molar-refractivity contribution is -0.0429. The van der Waals surface area contributed by atoms with Gasteiger partial charge in [0.05, 0.1) is 4.90 Å². The molecule has 0 aliphatic rings. The summed E-state index contributed by atoms with van der Waals surface area (Å²) in [7, 11) is -10.4. The van der Waals surface area contributed by atoms with Gasteiger partial charge in [-0.05, 0) is 60.2 Å². The van der Waals surface area contributed by atoms with Crippen molar-refractivity contribution in [3.05, 3.63) is 88.6 Å². The normalized spacial score (nSPS) is 13.5. The zero-order valence-corrected chi connectivity index (χ0v) is 18.4. The Morgan fingerprint density at radius 2 is 1.55 bits per heavy atom. The summed E-state index contributed by atoms with van der Waals surface area (Å²) in [4.78, 5) is 3.10. The number of sulfonamides is 1. The fourth-order valence-corrected chi connectivity index (χ4v) is 5.30. The molecule has 0 saturated heterocycles. The quantitative estimate of drug-likeness (QED) is 0.464. The highest BCUT2D eigenvalue weighted by atomic mass is 35.5. The average molecular weight is 527 g/mol.